The summed E-state index contributed by atoms with van der Waals surface area (Å²) in [6.07, 6.45) is 0.668. The number of aromatic nitrogens is 3. The average Bonchev–Trinajstić information content (AvgIpc) is 3.30. The van der Waals surface area contributed by atoms with Gasteiger partial charge in [-0.1, -0.05) is 42.5 Å². The van der Waals surface area contributed by atoms with Gasteiger partial charge in [0.25, 0.3) is 0 Å². The molecule has 0 spiro atoms. The molecule has 9 heteroatoms. The summed E-state index contributed by atoms with van der Waals surface area (Å²) in [5, 5.41) is 11.4. The van der Waals surface area contributed by atoms with Gasteiger partial charge < -0.3 is 10.1 Å². The summed E-state index contributed by atoms with van der Waals surface area (Å²) >= 11 is 0. The first-order valence-electron chi connectivity index (χ1n) is 12.5. The third-order valence-electron chi connectivity index (χ3n) is 6.61. The molecule has 198 valence electrons. The predicted octanol–water partition coefficient (Wildman–Crippen LogP) is 4.97. The quantitative estimate of drug-likeness (QED) is 0.339. The van der Waals surface area contributed by atoms with Crippen molar-refractivity contribution in [1.29, 1.82) is 0 Å². The number of ether oxygens (including phenoxy) is 1. The average molecular weight is 518 g/mol. The zero-order valence-corrected chi connectivity index (χ0v) is 22.2. The van der Waals surface area contributed by atoms with E-state index in [2.05, 4.69) is 15.6 Å². The zero-order chi connectivity index (χ0) is 27.4. The Morgan fingerprint density at radius 3 is 2.50 bits per heavy atom. The third kappa shape index (κ3) is 5.66. The lowest BCUT2D eigenvalue weighted by Gasteiger charge is -2.35. The fraction of sp³-hybridized carbons (Fsp3) is 0.310. The monoisotopic (exact) mass is 517 g/mol. The highest BCUT2D eigenvalue weighted by atomic mass is 19.1. The van der Waals surface area contributed by atoms with Gasteiger partial charge in [-0.2, -0.15) is 0 Å². The molecule has 1 atom stereocenters. The van der Waals surface area contributed by atoms with Gasteiger partial charge in [-0.25, -0.2) is 9.07 Å². The molecule has 1 aromatic heterocycles. The highest BCUT2D eigenvalue weighted by Crippen LogP contribution is 2.36. The van der Waals surface area contributed by atoms with E-state index in [4.69, 9.17) is 4.74 Å². The molecule has 1 heterocycles. The van der Waals surface area contributed by atoms with E-state index < -0.39 is 29.2 Å². The lowest BCUT2D eigenvalue weighted by atomic mass is 9.98. The van der Waals surface area contributed by atoms with Crippen molar-refractivity contribution in [2.75, 3.05) is 12.0 Å². The van der Waals surface area contributed by atoms with Crippen molar-refractivity contribution in [1.82, 2.24) is 20.3 Å². The Labute approximate surface area is 221 Å². The number of anilines is 1. The first kappa shape index (κ1) is 26.8. The number of fused-ring (bicyclic) bond motifs is 1. The minimum absolute atomic E-state index is 0.181. The number of rotatable bonds is 9. The number of halogens is 1. The van der Waals surface area contributed by atoms with Gasteiger partial charge in [-0.15, -0.1) is 5.10 Å². The zero-order valence-electron chi connectivity index (χ0n) is 22.2. The Morgan fingerprint density at radius 2 is 1.82 bits per heavy atom. The van der Waals surface area contributed by atoms with Gasteiger partial charge in [0.2, 0.25) is 11.8 Å². The minimum Gasteiger partial charge on any atom is -0.495 e. The lowest BCUT2D eigenvalue weighted by molar-refractivity contribution is -0.128. The molecule has 0 radical (unpaired) electrons. The number of nitrogens with one attached hydrogen (secondary N) is 1. The van der Waals surface area contributed by atoms with Crippen LogP contribution in [0.5, 0.6) is 5.75 Å². The second kappa shape index (κ2) is 11.0. The molecule has 1 N–H and O–H groups in total. The number of nitrogens with zero attached hydrogens (tertiary/aromatic N) is 4. The molecule has 0 saturated heterocycles. The van der Waals surface area contributed by atoms with E-state index in [0.717, 1.165) is 5.56 Å². The maximum absolute atomic E-state index is 14.2. The highest BCUT2D eigenvalue weighted by molar-refractivity contribution is 6.02. The fourth-order valence-electron chi connectivity index (χ4n) is 4.20. The summed E-state index contributed by atoms with van der Waals surface area (Å²) in [4.78, 5) is 29.5. The Bertz CT molecular complexity index is 1450. The molecule has 4 aromatic rings. The standard InChI is InChI=1S/C29H32FN5O3/c1-6-29(3,4)31-28(37)27(20-12-14-21(30)15-13-20)35(24-17-19(2)11-16-25(24)38-5)26(36)18-34-23-10-8-7-9-22(23)32-33-34/h7-17,27H,6,18H2,1-5H3,(H,31,37)/t27-/m0/s1. The van der Waals surface area contributed by atoms with Gasteiger partial charge in [-0.05, 0) is 74.7 Å². The van der Waals surface area contributed by atoms with Crippen LogP contribution >= 0.6 is 0 Å². The Balaban J connectivity index is 1.88. The third-order valence-corrected chi connectivity index (χ3v) is 6.61. The number of para-hydroxylation sites is 1. The summed E-state index contributed by atoms with van der Waals surface area (Å²) in [5.74, 6) is -0.837. The van der Waals surface area contributed by atoms with E-state index in [1.54, 1.807) is 12.1 Å². The van der Waals surface area contributed by atoms with E-state index in [1.807, 2.05) is 58.0 Å². The fourth-order valence-corrected chi connectivity index (χ4v) is 4.20. The number of hydrogen-bond acceptors (Lipinski definition) is 5. The lowest BCUT2D eigenvalue weighted by Crippen LogP contribution is -2.51. The molecule has 2 amide bonds. The number of carbonyl (C=O) groups is 2. The van der Waals surface area contributed by atoms with Crippen molar-refractivity contribution in [2.45, 2.75) is 52.2 Å². The number of hydrogen-bond donors (Lipinski definition) is 1. The highest BCUT2D eigenvalue weighted by Gasteiger charge is 2.36. The summed E-state index contributed by atoms with van der Waals surface area (Å²) in [7, 11) is 1.51. The normalized spacial score (nSPS) is 12.3. The Morgan fingerprint density at radius 1 is 1.11 bits per heavy atom. The largest absolute Gasteiger partial charge is 0.495 e. The van der Waals surface area contributed by atoms with Crippen molar-refractivity contribution in [3.05, 3.63) is 83.7 Å². The topological polar surface area (TPSA) is 89.4 Å². The molecule has 0 aliphatic carbocycles. The number of aryl methyl sites for hydroxylation is 1. The molecule has 0 aliphatic heterocycles. The summed E-state index contributed by atoms with van der Waals surface area (Å²) < 4.78 is 21.0. The van der Waals surface area contributed by atoms with Crippen LogP contribution in [0.1, 0.15) is 44.4 Å². The van der Waals surface area contributed by atoms with Gasteiger partial charge >= 0.3 is 0 Å². The number of benzene rings is 3. The SMILES string of the molecule is CCC(C)(C)NC(=O)[C@H](c1ccc(F)cc1)N(C(=O)Cn1nnc2ccccc21)c1cc(C)ccc1OC. The number of methoxy groups -OCH3 is 1. The molecule has 0 saturated carbocycles. The number of carbonyl (C=O) groups excluding carboxylic acids is 2. The summed E-state index contributed by atoms with van der Waals surface area (Å²) in [6, 6.07) is 17.2. The van der Waals surface area contributed by atoms with Crippen molar-refractivity contribution in [3.8, 4) is 5.75 Å². The molecule has 38 heavy (non-hydrogen) atoms. The molecule has 0 aliphatic rings. The molecule has 8 nitrogen and oxygen atoms in total. The van der Waals surface area contributed by atoms with Crippen LogP contribution in [0, 0.1) is 12.7 Å². The van der Waals surface area contributed by atoms with E-state index in [9.17, 15) is 14.0 Å². The Kier molecular flexibility index (Phi) is 7.75. The summed E-state index contributed by atoms with van der Waals surface area (Å²) in [5.41, 5.74) is 2.54. The molecule has 0 bridgehead atoms. The van der Waals surface area contributed by atoms with Crippen LogP contribution in [0.2, 0.25) is 0 Å². The van der Waals surface area contributed by atoms with Crippen LogP contribution in [0.15, 0.2) is 66.7 Å². The number of amides is 2. The molecule has 4 rings (SSSR count). The maximum atomic E-state index is 14.2. The van der Waals surface area contributed by atoms with Gasteiger partial charge in [0.1, 0.15) is 29.7 Å². The molecule has 0 unspecified atom stereocenters. The Hall–Kier alpha value is -4.27. The first-order valence-corrected chi connectivity index (χ1v) is 12.5. The van der Waals surface area contributed by atoms with Crippen LogP contribution in [-0.2, 0) is 16.1 Å². The second-order valence-corrected chi connectivity index (χ2v) is 9.86. The van der Waals surface area contributed by atoms with Crippen LogP contribution in [0.4, 0.5) is 10.1 Å². The summed E-state index contributed by atoms with van der Waals surface area (Å²) in [6.45, 7) is 7.50. The van der Waals surface area contributed by atoms with Crippen molar-refractivity contribution < 1.29 is 18.7 Å². The molecular weight excluding hydrogens is 485 g/mol. The van der Waals surface area contributed by atoms with Gasteiger partial charge in [0.15, 0.2) is 0 Å². The van der Waals surface area contributed by atoms with E-state index in [1.165, 1.54) is 41.0 Å². The van der Waals surface area contributed by atoms with Crippen molar-refractivity contribution >= 4 is 28.5 Å². The maximum Gasteiger partial charge on any atom is 0.249 e. The van der Waals surface area contributed by atoms with Crippen LogP contribution < -0.4 is 15.0 Å². The second-order valence-electron chi connectivity index (χ2n) is 9.86. The molecular formula is C29H32FN5O3. The van der Waals surface area contributed by atoms with Gasteiger partial charge in [-0.3, -0.25) is 14.5 Å². The van der Waals surface area contributed by atoms with Crippen LogP contribution in [-0.4, -0.2) is 39.5 Å². The first-order chi connectivity index (χ1) is 18.1. The van der Waals surface area contributed by atoms with E-state index in [0.29, 0.717) is 34.5 Å². The van der Waals surface area contributed by atoms with E-state index in [-0.39, 0.29) is 6.54 Å². The molecule has 0 fully saturated rings. The van der Waals surface area contributed by atoms with Crippen LogP contribution in [0.25, 0.3) is 11.0 Å². The van der Waals surface area contributed by atoms with E-state index >= 15 is 0 Å². The minimum atomic E-state index is -1.11. The molecule has 3 aromatic carbocycles. The van der Waals surface area contributed by atoms with Crippen LogP contribution in [0.3, 0.4) is 0 Å². The van der Waals surface area contributed by atoms with Gasteiger partial charge in [0.05, 0.1) is 18.3 Å². The van der Waals surface area contributed by atoms with Crippen molar-refractivity contribution in [2.24, 2.45) is 0 Å². The van der Waals surface area contributed by atoms with Gasteiger partial charge in [0, 0.05) is 5.54 Å². The predicted molar refractivity (Wildman–Crippen MR) is 144 cm³/mol. The smallest absolute Gasteiger partial charge is 0.249 e. The van der Waals surface area contributed by atoms with Crippen molar-refractivity contribution in [3.63, 3.8) is 0 Å².